The van der Waals surface area contributed by atoms with Crippen LogP contribution in [-0.4, -0.2) is 5.54 Å². The molecule has 9 heavy (non-hydrogen) atoms. The van der Waals surface area contributed by atoms with Crippen molar-refractivity contribution in [2.75, 3.05) is 0 Å². The minimum absolute atomic E-state index is 0.250. The number of hydrogen-bond acceptors (Lipinski definition) is 1. The molecule has 0 saturated heterocycles. The van der Waals surface area contributed by atoms with Crippen molar-refractivity contribution in [2.45, 2.75) is 46.1 Å². The van der Waals surface area contributed by atoms with E-state index in [0.717, 1.165) is 5.92 Å². The van der Waals surface area contributed by atoms with Gasteiger partial charge in [-0.1, -0.05) is 20.8 Å². The monoisotopic (exact) mass is 129 g/mol. The molecule has 0 aromatic heterocycles. The Morgan fingerprint density at radius 2 is 1.33 bits per heavy atom. The maximum absolute atomic E-state index is 5.47. The Morgan fingerprint density at radius 3 is 1.33 bits per heavy atom. The van der Waals surface area contributed by atoms with E-state index in [4.69, 9.17) is 5.73 Å². The van der Waals surface area contributed by atoms with Crippen LogP contribution in [0.25, 0.3) is 0 Å². The van der Waals surface area contributed by atoms with E-state index in [0.29, 0.717) is 0 Å². The van der Waals surface area contributed by atoms with Crippen molar-refractivity contribution in [2.24, 2.45) is 11.7 Å². The Hall–Kier alpha value is -0.0400. The highest BCUT2D eigenvalue weighted by Gasteiger charge is 2.31. The van der Waals surface area contributed by atoms with E-state index in [1.807, 2.05) is 0 Å². The van der Waals surface area contributed by atoms with Gasteiger partial charge in [-0.05, 0) is 25.7 Å². The van der Waals surface area contributed by atoms with Crippen LogP contribution in [0.4, 0.5) is 0 Å². The van der Waals surface area contributed by atoms with Gasteiger partial charge in [0.25, 0.3) is 0 Å². The molecule has 0 amide bonds. The van der Waals surface area contributed by atoms with Crippen molar-refractivity contribution in [3.05, 3.63) is 0 Å². The molecule has 1 nitrogen and oxygen atoms in total. The van der Waals surface area contributed by atoms with Crippen LogP contribution in [0.3, 0.4) is 0 Å². The largest absolute Gasteiger partial charge is 0.325 e. The first-order valence-corrected chi connectivity index (χ1v) is 3.73. The van der Waals surface area contributed by atoms with Crippen LogP contribution in [0, 0.1) is 5.92 Å². The second kappa shape index (κ2) is 3.21. The summed E-state index contributed by atoms with van der Waals surface area (Å²) in [5.41, 5.74) is 5.72. The summed E-state index contributed by atoms with van der Waals surface area (Å²) in [5.74, 6) is 0.833. The summed E-state index contributed by atoms with van der Waals surface area (Å²) in [6, 6.07) is 0. The van der Waals surface area contributed by atoms with Crippen LogP contribution < -0.4 is 5.73 Å². The predicted molar refractivity (Wildman–Crippen MR) is 42.3 cm³/mol. The number of hydrogen-bond donors (Lipinski definition) is 1. The minimum atomic E-state index is 0.250. The molecule has 2 N–H and O–H groups in total. The zero-order valence-electron chi connectivity index (χ0n) is 7.07. The lowest BCUT2D eigenvalue weighted by Gasteiger charge is -1.88. The molecule has 56 valence electrons. The molecule has 0 heterocycles. The molecule has 1 fully saturated rings. The van der Waals surface area contributed by atoms with Crippen LogP contribution in [0.1, 0.15) is 40.5 Å². The third-order valence-corrected chi connectivity index (χ3v) is 1.04. The minimum Gasteiger partial charge on any atom is -0.325 e. The summed E-state index contributed by atoms with van der Waals surface area (Å²) >= 11 is 0. The third kappa shape index (κ3) is 11.5. The van der Waals surface area contributed by atoms with Crippen LogP contribution in [0.5, 0.6) is 0 Å². The molecule has 0 aliphatic heterocycles. The Bertz CT molecular complexity index is 65.9. The van der Waals surface area contributed by atoms with Crippen molar-refractivity contribution in [3.8, 4) is 0 Å². The molecule has 1 aliphatic rings. The highest BCUT2D eigenvalue weighted by atomic mass is 14.8. The summed E-state index contributed by atoms with van der Waals surface area (Å²) in [5, 5.41) is 0. The maximum atomic E-state index is 5.47. The molecule has 0 aromatic rings. The molecule has 0 radical (unpaired) electrons. The van der Waals surface area contributed by atoms with Crippen molar-refractivity contribution < 1.29 is 0 Å². The zero-order chi connectivity index (χ0) is 7.49. The zero-order valence-corrected chi connectivity index (χ0v) is 7.07. The normalized spacial score (nSPS) is 20.7. The Morgan fingerprint density at radius 1 is 1.22 bits per heavy atom. The van der Waals surface area contributed by atoms with E-state index in [1.165, 1.54) is 12.8 Å². The molecule has 0 bridgehead atoms. The van der Waals surface area contributed by atoms with E-state index in [2.05, 4.69) is 27.7 Å². The van der Waals surface area contributed by atoms with Gasteiger partial charge in [-0.25, -0.2) is 0 Å². The molecule has 0 spiro atoms. The highest BCUT2D eigenvalue weighted by Crippen LogP contribution is 2.30. The fourth-order valence-electron chi connectivity index (χ4n) is 0.197. The van der Waals surface area contributed by atoms with Crippen LogP contribution in [0.2, 0.25) is 0 Å². The first-order chi connectivity index (χ1) is 3.94. The van der Waals surface area contributed by atoms with Crippen LogP contribution in [-0.2, 0) is 0 Å². The summed E-state index contributed by atoms with van der Waals surface area (Å²) < 4.78 is 0. The van der Waals surface area contributed by atoms with Gasteiger partial charge >= 0.3 is 0 Å². The molecular weight excluding hydrogens is 110 g/mol. The molecule has 1 saturated carbocycles. The second-order valence-corrected chi connectivity index (χ2v) is 3.89. The Kier molecular flexibility index (Phi) is 3.20. The highest BCUT2D eigenvalue weighted by molar-refractivity contribution is 4.93. The van der Waals surface area contributed by atoms with Gasteiger partial charge in [0.2, 0.25) is 0 Å². The van der Waals surface area contributed by atoms with Crippen molar-refractivity contribution in [3.63, 3.8) is 0 Å². The van der Waals surface area contributed by atoms with Gasteiger partial charge in [-0.3, -0.25) is 0 Å². The summed E-state index contributed by atoms with van der Waals surface area (Å²) in [6.07, 6.45) is 2.46. The van der Waals surface area contributed by atoms with Gasteiger partial charge in [-0.2, -0.15) is 0 Å². The molecule has 1 rings (SSSR count). The summed E-state index contributed by atoms with van der Waals surface area (Å²) in [4.78, 5) is 0. The number of rotatable bonds is 0. The lowest BCUT2D eigenvalue weighted by Crippen LogP contribution is -2.14. The van der Waals surface area contributed by atoms with Gasteiger partial charge in [0, 0.05) is 5.54 Å². The summed E-state index contributed by atoms with van der Waals surface area (Å²) in [7, 11) is 0. The topological polar surface area (TPSA) is 26.0 Å². The van der Waals surface area contributed by atoms with Crippen molar-refractivity contribution in [1.82, 2.24) is 0 Å². The SMILES string of the molecule is CC(C)C.CC1(N)CC1. The number of nitrogens with two attached hydrogens (primary N) is 1. The van der Waals surface area contributed by atoms with E-state index in [9.17, 15) is 0 Å². The Labute approximate surface area is 58.6 Å². The second-order valence-electron chi connectivity index (χ2n) is 3.89. The quantitative estimate of drug-likeness (QED) is 0.533. The molecule has 0 atom stereocenters. The average molecular weight is 129 g/mol. The van der Waals surface area contributed by atoms with E-state index in [1.54, 1.807) is 0 Å². The van der Waals surface area contributed by atoms with Gasteiger partial charge in [-0.15, -0.1) is 0 Å². The van der Waals surface area contributed by atoms with Crippen LogP contribution in [0.15, 0.2) is 0 Å². The van der Waals surface area contributed by atoms with Crippen molar-refractivity contribution in [1.29, 1.82) is 0 Å². The Balaban J connectivity index is 0.000000148. The van der Waals surface area contributed by atoms with E-state index < -0.39 is 0 Å². The van der Waals surface area contributed by atoms with Crippen LogP contribution >= 0.6 is 0 Å². The van der Waals surface area contributed by atoms with Gasteiger partial charge in [0.15, 0.2) is 0 Å². The predicted octanol–water partition coefficient (Wildman–Crippen LogP) is 2.16. The third-order valence-electron chi connectivity index (χ3n) is 1.04. The van der Waals surface area contributed by atoms with E-state index in [-0.39, 0.29) is 5.54 Å². The lowest BCUT2D eigenvalue weighted by molar-refractivity contribution is 0.737. The summed E-state index contributed by atoms with van der Waals surface area (Å²) in [6.45, 7) is 8.58. The lowest BCUT2D eigenvalue weighted by atomic mass is 10.3. The molecule has 0 aromatic carbocycles. The fraction of sp³-hybridized carbons (Fsp3) is 1.00. The first-order valence-electron chi connectivity index (χ1n) is 3.73. The van der Waals surface area contributed by atoms with Crippen molar-refractivity contribution >= 4 is 0 Å². The average Bonchev–Trinajstić information content (AvgIpc) is 2.16. The molecule has 1 aliphatic carbocycles. The maximum Gasteiger partial charge on any atom is 0.0127 e. The molecule has 0 unspecified atom stereocenters. The molecule has 1 heteroatoms. The van der Waals surface area contributed by atoms with Gasteiger partial charge in [0.1, 0.15) is 0 Å². The van der Waals surface area contributed by atoms with Gasteiger partial charge < -0.3 is 5.73 Å². The first kappa shape index (κ1) is 8.96. The molecular formula is C8H19N. The van der Waals surface area contributed by atoms with Gasteiger partial charge in [0.05, 0.1) is 0 Å². The smallest absolute Gasteiger partial charge is 0.0127 e. The van der Waals surface area contributed by atoms with E-state index >= 15 is 0 Å². The fourth-order valence-corrected chi connectivity index (χ4v) is 0.197. The standard InChI is InChI=1S/C4H9N.C4H10/c1-4(5)2-3-4;1-4(2)3/h2-3,5H2,1H3;4H,1-3H3.